The molecule has 1 heterocycles. The lowest BCUT2D eigenvalue weighted by Gasteiger charge is -2.24. The van der Waals surface area contributed by atoms with Crippen molar-refractivity contribution >= 4 is 28.5 Å². The number of benzene rings is 3. The summed E-state index contributed by atoms with van der Waals surface area (Å²) >= 11 is 0. The zero-order valence-electron chi connectivity index (χ0n) is 15.1. The fourth-order valence-electron chi connectivity index (χ4n) is 3.60. The molecule has 5 nitrogen and oxygen atoms in total. The van der Waals surface area contributed by atoms with Gasteiger partial charge in [-0.2, -0.15) is 0 Å². The maximum absolute atomic E-state index is 13.9. The molecule has 0 bridgehead atoms. The van der Waals surface area contributed by atoms with Gasteiger partial charge in [-0.1, -0.05) is 54.6 Å². The lowest BCUT2D eigenvalue weighted by molar-refractivity contribution is -0.130. The molecule has 1 saturated heterocycles. The fourth-order valence-corrected chi connectivity index (χ4v) is 3.60. The third kappa shape index (κ3) is 2.74. The number of urea groups is 1. The van der Waals surface area contributed by atoms with E-state index in [-0.39, 0.29) is 5.56 Å². The van der Waals surface area contributed by atoms with Crippen LogP contribution in [0, 0.1) is 5.82 Å². The van der Waals surface area contributed by atoms with Crippen LogP contribution in [0.25, 0.3) is 10.8 Å². The first-order valence-electron chi connectivity index (χ1n) is 8.82. The number of hydrogen-bond acceptors (Lipinski definition) is 3. The van der Waals surface area contributed by atoms with Crippen LogP contribution in [0.5, 0.6) is 0 Å². The summed E-state index contributed by atoms with van der Waals surface area (Å²) in [6, 6.07) is 17.9. The minimum absolute atomic E-state index is 0.151. The van der Waals surface area contributed by atoms with E-state index >= 15 is 0 Å². The molecule has 0 aromatic heterocycles. The molecule has 6 heteroatoms. The van der Waals surface area contributed by atoms with Crippen molar-refractivity contribution in [3.63, 3.8) is 0 Å². The van der Waals surface area contributed by atoms with Crippen molar-refractivity contribution in [2.75, 3.05) is 6.54 Å². The lowest BCUT2D eigenvalue weighted by Crippen LogP contribution is -2.41. The van der Waals surface area contributed by atoms with Gasteiger partial charge in [-0.05, 0) is 35.4 Å². The number of carbonyl (C=O) groups excluding carboxylic acids is 3. The van der Waals surface area contributed by atoms with Crippen LogP contribution in [-0.4, -0.2) is 29.2 Å². The number of amides is 3. The second-order valence-corrected chi connectivity index (χ2v) is 6.88. The number of rotatable bonds is 4. The molecule has 0 spiro atoms. The Hall–Kier alpha value is -3.54. The molecule has 0 saturated carbocycles. The smallest absolute Gasteiger partial charge is 0.319 e. The molecule has 3 aromatic carbocycles. The minimum atomic E-state index is -1.31. The maximum Gasteiger partial charge on any atom is 0.325 e. The predicted octanol–water partition coefficient (Wildman–Crippen LogP) is 3.63. The Morgan fingerprint density at radius 2 is 1.68 bits per heavy atom. The number of imide groups is 1. The zero-order chi connectivity index (χ0) is 19.9. The molecule has 4 rings (SSSR count). The van der Waals surface area contributed by atoms with Crippen LogP contribution in [0.2, 0.25) is 0 Å². The van der Waals surface area contributed by atoms with Crippen LogP contribution in [0.1, 0.15) is 22.8 Å². The number of ketones is 1. The van der Waals surface area contributed by atoms with E-state index in [1.807, 2.05) is 36.4 Å². The second-order valence-electron chi connectivity index (χ2n) is 6.88. The van der Waals surface area contributed by atoms with E-state index in [4.69, 9.17) is 0 Å². The monoisotopic (exact) mass is 376 g/mol. The van der Waals surface area contributed by atoms with E-state index in [9.17, 15) is 18.8 Å². The average Bonchev–Trinajstić information content (AvgIpc) is 2.91. The SMILES string of the molecule is C[C@]1(c2cccc3ccccc23)NC(=O)N(CC(=O)c2ccccc2F)C1=O. The van der Waals surface area contributed by atoms with Crippen molar-refractivity contribution in [2.45, 2.75) is 12.5 Å². The Labute approximate surface area is 160 Å². The van der Waals surface area contributed by atoms with Gasteiger partial charge in [0.2, 0.25) is 0 Å². The molecule has 3 aromatic rings. The van der Waals surface area contributed by atoms with Crippen molar-refractivity contribution < 1.29 is 18.8 Å². The molecule has 28 heavy (non-hydrogen) atoms. The van der Waals surface area contributed by atoms with Gasteiger partial charge in [-0.3, -0.25) is 14.5 Å². The van der Waals surface area contributed by atoms with Crippen molar-refractivity contribution in [2.24, 2.45) is 0 Å². The second kappa shape index (κ2) is 6.56. The first-order chi connectivity index (χ1) is 13.4. The highest BCUT2D eigenvalue weighted by atomic mass is 19.1. The van der Waals surface area contributed by atoms with Crippen LogP contribution in [0.15, 0.2) is 66.7 Å². The van der Waals surface area contributed by atoms with E-state index in [1.165, 1.54) is 24.3 Å². The summed E-state index contributed by atoms with van der Waals surface area (Å²) in [6.45, 7) is 1.09. The first kappa shape index (κ1) is 17.9. The standard InChI is InChI=1S/C22H17FN2O3/c1-22(17-11-6-8-14-7-2-3-9-15(14)17)20(27)25(21(28)24-22)13-19(26)16-10-4-5-12-18(16)23/h2-12H,13H2,1H3,(H,24,28)/t22-/m1/s1. The van der Waals surface area contributed by atoms with Crippen LogP contribution in [-0.2, 0) is 10.3 Å². The number of Topliss-reactive ketones (excluding diaryl/α,β-unsaturated/α-hetero) is 1. The van der Waals surface area contributed by atoms with E-state index in [2.05, 4.69) is 5.32 Å². The molecule has 140 valence electrons. The van der Waals surface area contributed by atoms with Crippen molar-refractivity contribution in [3.05, 3.63) is 83.7 Å². The third-order valence-corrected chi connectivity index (χ3v) is 5.08. The minimum Gasteiger partial charge on any atom is -0.319 e. The molecule has 1 N–H and O–H groups in total. The summed E-state index contributed by atoms with van der Waals surface area (Å²) in [6.07, 6.45) is 0. The normalized spacial score (nSPS) is 19.1. The number of halogens is 1. The van der Waals surface area contributed by atoms with E-state index in [0.717, 1.165) is 15.7 Å². The van der Waals surface area contributed by atoms with E-state index in [1.54, 1.807) is 13.0 Å². The van der Waals surface area contributed by atoms with E-state index < -0.39 is 35.6 Å². The van der Waals surface area contributed by atoms with Gasteiger partial charge >= 0.3 is 6.03 Å². The Balaban J connectivity index is 1.69. The third-order valence-electron chi connectivity index (χ3n) is 5.08. The number of hydrogen-bond donors (Lipinski definition) is 1. The molecule has 0 radical (unpaired) electrons. The summed E-state index contributed by atoms with van der Waals surface area (Å²) in [4.78, 5) is 38.9. The molecule has 1 fully saturated rings. The molecule has 1 atom stereocenters. The topological polar surface area (TPSA) is 66.5 Å². The fraction of sp³-hybridized carbons (Fsp3) is 0.136. The van der Waals surface area contributed by atoms with Gasteiger partial charge in [0.05, 0.1) is 12.1 Å². The summed E-state index contributed by atoms with van der Waals surface area (Å²) in [5.74, 6) is -1.86. The average molecular weight is 376 g/mol. The van der Waals surface area contributed by atoms with Gasteiger partial charge in [0, 0.05) is 0 Å². The summed E-state index contributed by atoms with van der Waals surface area (Å²) in [5.41, 5.74) is -0.820. The summed E-state index contributed by atoms with van der Waals surface area (Å²) in [7, 11) is 0. The van der Waals surface area contributed by atoms with Crippen molar-refractivity contribution in [1.29, 1.82) is 0 Å². The quantitative estimate of drug-likeness (QED) is 0.559. The molecule has 0 unspecified atom stereocenters. The van der Waals surface area contributed by atoms with Gasteiger partial charge in [0.25, 0.3) is 5.91 Å². The zero-order valence-corrected chi connectivity index (χ0v) is 15.1. The first-order valence-corrected chi connectivity index (χ1v) is 8.82. The Morgan fingerprint density at radius 3 is 2.46 bits per heavy atom. The Kier molecular flexibility index (Phi) is 4.19. The molecular weight excluding hydrogens is 359 g/mol. The van der Waals surface area contributed by atoms with Gasteiger partial charge in [-0.15, -0.1) is 0 Å². The summed E-state index contributed by atoms with van der Waals surface area (Å²) in [5, 5.41) is 4.47. The van der Waals surface area contributed by atoms with Gasteiger partial charge < -0.3 is 5.32 Å². The highest BCUT2D eigenvalue weighted by molar-refractivity contribution is 6.12. The maximum atomic E-state index is 13.9. The van der Waals surface area contributed by atoms with Crippen LogP contribution in [0.3, 0.4) is 0 Å². The lowest BCUT2D eigenvalue weighted by atomic mass is 9.88. The van der Waals surface area contributed by atoms with Crippen molar-refractivity contribution in [1.82, 2.24) is 10.2 Å². The predicted molar refractivity (Wildman–Crippen MR) is 102 cm³/mol. The van der Waals surface area contributed by atoms with E-state index in [0.29, 0.717) is 5.56 Å². The molecule has 1 aliphatic rings. The Bertz CT molecular complexity index is 1120. The van der Waals surface area contributed by atoms with Crippen LogP contribution in [0.4, 0.5) is 9.18 Å². The van der Waals surface area contributed by atoms with Crippen LogP contribution < -0.4 is 5.32 Å². The van der Waals surface area contributed by atoms with Gasteiger partial charge in [0.15, 0.2) is 5.78 Å². The number of nitrogens with one attached hydrogen (secondary N) is 1. The molecule has 1 aliphatic heterocycles. The molecule has 3 amide bonds. The highest BCUT2D eigenvalue weighted by Crippen LogP contribution is 2.33. The number of fused-ring (bicyclic) bond motifs is 1. The van der Waals surface area contributed by atoms with Gasteiger partial charge in [-0.25, -0.2) is 9.18 Å². The Morgan fingerprint density at radius 1 is 1.00 bits per heavy atom. The van der Waals surface area contributed by atoms with Crippen LogP contribution >= 0.6 is 0 Å². The number of nitrogens with zero attached hydrogens (tertiary/aromatic N) is 1. The largest absolute Gasteiger partial charge is 0.325 e. The van der Waals surface area contributed by atoms with Gasteiger partial charge in [0.1, 0.15) is 11.4 Å². The molecular formula is C22H17FN2O3. The molecule has 0 aliphatic carbocycles. The summed E-state index contributed by atoms with van der Waals surface area (Å²) < 4.78 is 13.9. The highest BCUT2D eigenvalue weighted by Gasteiger charge is 2.50. The number of carbonyl (C=O) groups is 3. The van der Waals surface area contributed by atoms with Crippen molar-refractivity contribution in [3.8, 4) is 0 Å².